The summed E-state index contributed by atoms with van der Waals surface area (Å²) in [5, 5.41) is 1.56. The van der Waals surface area contributed by atoms with E-state index in [2.05, 4.69) is 63.9 Å². The summed E-state index contributed by atoms with van der Waals surface area (Å²) in [5.74, 6) is -0.148. The molecular formula is C24H27ClN4OS. The summed E-state index contributed by atoms with van der Waals surface area (Å²) in [7, 11) is 0. The lowest BCUT2D eigenvalue weighted by atomic mass is 10.2. The lowest BCUT2D eigenvalue weighted by Gasteiger charge is -2.36. The van der Waals surface area contributed by atoms with Crippen molar-refractivity contribution in [3.63, 3.8) is 0 Å². The first-order valence-electron chi connectivity index (χ1n) is 10.7. The van der Waals surface area contributed by atoms with Gasteiger partial charge >= 0.3 is 0 Å². The molecule has 0 radical (unpaired) electrons. The van der Waals surface area contributed by atoms with Crippen molar-refractivity contribution in [1.82, 2.24) is 4.90 Å². The minimum atomic E-state index is -0.148. The predicted molar refractivity (Wildman–Crippen MR) is 133 cm³/mol. The van der Waals surface area contributed by atoms with Crippen molar-refractivity contribution in [3.8, 4) is 0 Å². The van der Waals surface area contributed by atoms with Crippen molar-refractivity contribution < 1.29 is 4.79 Å². The number of halogens is 1. The molecule has 31 heavy (non-hydrogen) atoms. The first-order valence-corrected chi connectivity index (χ1v) is 11.9. The van der Waals surface area contributed by atoms with Gasteiger partial charge in [0.25, 0.3) is 5.91 Å². The van der Waals surface area contributed by atoms with Gasteiger partial charge in [0, 0.05) is 55.7 Å². The number of rotatable bonds is 5. The molecular weight excluding hydrogens is 428 g/mol. The molecule has 0 aromatic heterocycles. The molecule has 0 atom stereocenters. The van der Waals surface area contributed by atoms with Gasteiger partial charge in [-0.1, -0.05) is 29.8 Å². The van der Waals surface area contributed by atoms with Gasteiger partial charge in [0.05, 0.1) is 4.91 Å². The zero-order valence-electron chi connectivity index (χ0n) is 17.9. The summed E-state index contributed by atoms with van der Waals surface area (Å²) >= 11 is 7.60. The van der Waals surface area contributed by atoms with Gasteiger partial charge in [-0.25, -0.2) is 0 Å². The van der Waals surface area contributed by atoms with Crippen molar-refractivity contribution in [3.05, 3.63) is 64.0 Å². The molecule has 1 amide bonds. The normalized spacial score (nSPS) is 18.0. The number of amidine groups is 1. The van der Waals surface area contributed by atoms with E-state index in [0.29, 0.717) is 4.91 Å². The number of hydrogen-bond donors (Lipinski definition) is 0. The third kappa shape index (κ3) is 5.08. The summed E-state index contributed by atoms with van der Waals surface area (Å²) in [6.07, 6.45) is 1.94. The SMILES string of the molecule is CCN(CC)c1ccc(/C=C2/SC(N3CCN(c4cccc(Cl)c4)CC3)=NC2=O)cc1. The molecule has 1 fully saturated rings. The molecule has 2 aromatic carbocycles. The minimum absolute atomic E-state index is 0.148. The van der Waals surface area contributed by atoms with E-state index < -0.39 is 0 Å². The van der Waals surface area contributed by atoms with Crippen LogP contribution in [0.1, 0.15) is 19.4 Å². The third-order valence-corrected chi connectivity index (χ3v) is 6.93. The molecule has 0 unspecified atom stereocenters. The number of nitrogens with zero attached hydrogens (tertiary/aromatic N) is 4. The van der Waals surface area contributed by atoms with Gasteiger partial charge in [-0.05, 0) is 67.6 Å². The number of carbonyl (C=O) groups excluding carboxylic acids is 1. The zero-order valence-corrected chi connectivity index (χ0v) is 19.5. The fraction of sp³-hybridized carbons (Fsp3) is 0.333. The van der Waals surface area contributed by atoms with Crippen LogP contribution in [0, 0.1) is 0 Å². The third-order valence-electron chi connectivity index (χ3n) is 5.65. The van der Waals surface area contributed by atoms with Crippen molar-refractivity contribution in [2.45, 2.75) is 13.8 Å². The molecule has 1 saturated heterocycles. The number of benzene rings is 2. The highest BCUT2D eigenvalue weighted by Gasteiger charge is 2.28. The molecule has 0 N–H and O–H groups in total. The molecule has 0 bridgehead atoms. The molecule has 2 aromatic rings. The summed E-state index contributed by atoms with van der Waals surface area (Å²) < 4.78 is 0. The maximum Gasteiger partial charge on any atom is 0.286 e. The van der Waals surface area contributed by atoms with Crippen LogP contribution < -0.4 is 9.80 Å². The molecule has 0 aliphatic carbocycles. The lowest BCUT2D eigenvalue weighted by molar-refractivity contribution is -0.113. The molecule has 162 valence electrons. The van der Waals surface area contributed by atoms with E-state index in [1.165, 1.54) is 17.4 Å². The van der Waals surface area contributed by atoms with Gasteiger partial charge < -0.3 is 14.7 Å². The number of carbonyl (C=O) groups is 1. The Morgan fingerprint density at radius 1 is 1.03 bits per heavy atom. The van der Waals surface area contributed by atoms with Crippen LogP contribution in [0.3, 0.4) is 0 Å². The predicted octanol–water partition coefficient (Wildman–Crippen LogP) is 4.98. The average molecular weight is 455 g/mol. The van der Waals surface area contributed by atoms with Crippen LogP contribution in [0.25, 0.3) is 6.08 Å². The maximum atomic E-state index is 12.5. The van der Waals surface area contributed by atoms with E-state index in [0.717, 1.165) is 60.7 Å². The quantitative estimate of drug-likeness (QED) is 0.596. The van der Waals surface area contributed by atoms with Crippen molar-refractivity contribution >= 4 is 51.9 Å². The summed E-state index contributed by atoms with van der Waals surface area (Å²) in [4.78, 5) is 24.3. The summed E-state index contributed by atoms with van der Waals surface area (Å²) in [6.45, 7) is 9.68. The largest absolute Gasteiger partial charge is 0.372 e. The van der Waals surface area contributed by atoms with Crippen LogP contribution in [-0.2, 0) is 4.79 Å². The molecule has 5 nitrogen and oxygen atoms in total. The van der Waals surface area contributed by atoms with Crippen LogP contribution in [0.2, 0.25) is 5.02 Å². The Kier molecular flexibility index (Phi) is 6.88. The Morgan fingerprint density at radius 2 is 1.71 bits per heavy atom. The van der Waals surface area contributed by atoms with Crippen molar-refractivity contribution in [1.29, 1.82) is 0 Å². The number of piperazine rings is 1. The molecule has 7 heteroatoms. The number of anilines is 2. The van der Waals surface area contributed by atoms with Gasteiger partial charge in [-0.3, -0.25) is 4.79 Å². The van der Waals surface area contributed by atoms with Crippen LogP contribution >= 0.6 is 23.4 Å². The topological polar surface area (TPSA) is 39.1 Å². The van der Waals surface area contributed by atoms with Crippen LogP contribution in [0.15, 0.2) is 58.4 Å². The maximum absolute atomic E-state index is 12.5. The van der Waals surface area contributed by atoms with Gasteiger partial charge in [0.2, 0.25) is 0 Å². The highest BCUT2D eigenvalue weighted by atomic mass is 35.5. The minimum Gasteiger partial charge on any atom is -0.372 e. The van der Waals surface area contributed by atoms with Crippen LogP contribution in [0.4, 0.5) is 11.4 Å². The molecule has 2 aliphatic heterocycles. The van der Waals surface area contributed by atoms with E-state index >= 15 is 0 Å². The van der Waals surface area contributed by atoms with Crippen LogP contribution in [-0.4, -0.2) is 55.2 Å². The second-order valence-corrected chi connectivity index (χ2v) is 8.97. The van der Waals surface area contributed by atoms with E-state index in [9.17, 15) is 4.79 Å². The second-order valence-electron chi connectivity index (χ2n) is 7.53. The number of thioether (sulfide) groups is 1. The summed E-state index contributed by atoms with van der Waals surface area (Å²) in [6, 6.07) is 16.3. The van der Waals surface area contributed by atoms with E-state index in [-0.39, 0.29) is 5.91 Å². The molecule has 2 heterocycles. The highest BCUT2D eigenvalue weighted by molar-refractivity contribution is 8.18. The number of amides is 1. The van der Waals surface area contributed by atoms with Gasteiger partial charge in [-0.2, -0.15) is 4.99 Å². The molecule has 2 aliphatic rings. The van der Waals surface area contributed by atoms with Crippen LogP contribution in [0.5, 0.6) is 0 Å². The van der Waals surface area contributed by atoms with Gasteiger partial charge in [0.15, 0.2) is 5.17 Å². The first-order chi connectivity index (χ1) is 15.1. The first kappa shape index (κ1) is 21.8. The average Bonchev–Trinajstić information content (AvgIpc) is 3.16. The zero-order chi connectivity index (χ0) is 21.8. The molecule has 0 saturated carbocycles. The molecule has 0 spiro atoms. The smallest absolute Gasteiger partial charge is 0.286 e. The van der Waals surface area contributed by atoms with E-state index in [4.69, 9.17) is 11.6 Å². The Hall–Kier alpha value is -2.44. The fourth-order valence-electron chi connectivity index (χ4n) is 3.88. The Morgan fingerprint density at radius 3 is 2.35 bits per heavy atom. The van der Waals surface area contributed by atoms with Gasteiger partial charge in [-0.15, -0.1) is 0 Å². The van der Waals surface area contributed by atoms with Crippen molar-refractivity contribution in [2.75, 3.05) is 49.1 Å². The van der Waals surface area contributed by atoms with Crippen molar-refractivity contribution in [2.24, 2.45) is 4.99 Å². The Balaban J connectivity index is 1.37. The number of hydrogen-bond acceptors (Lipinski definition) is 5. The fourth-order valence-corrected chi connectivity index (χ4v) is 5.03. The highest BCUT2D eigenvalue weighted by Crippen LogP contribution is 2.31. The standard InChI is InChI=1S/C24H27ClN4OS/c1-3-27(4-2)20-10-8-18(9-11-20)16-22-23(30)26-24(31-22)29-14-12-28(13-15-29)21-7-5-6-19(25)17-21/h5-11,16-17H,3-4,12-15H2,1-2H3/b22-16+. The van der Waals surface area contributed by atoms with E-state index in [1.54, 1.807) is 0 Å². The monoisotopic (exact) mass is 454 g/mol. The lowest BCUT2D eigenvalue weighted by Crippen LogP contribution is -2.47. The Bertz CT molecular complexity index is 993. The van der Waals surface area contributed by atoms with Gasteiger partial charge in [0.1, 0.15) is 0 Å². The number of aliphatic imine (C=N–C) groups is 1. The second kappa shape index (κ2) is 9.79. The Labute approximate surface area is 193 Å². The summed E-state index contributed by atoms with van der Waals surface area (Å²) in [5.41, 5.74) is 3.36. The van der Waals surface area contributed by atoms with E-state index in [1.807, 2.05) is 24.3 Å². The molecule has 4 rings (SSSR count).